The molecular weight excluding hydrogens is 529 g/mol. The number of benzene rings is 2. The summed E-state index contributed by atoms with van der Waals surface area (Å²) in [7, 11) is 1.58. The molecule has 3 aromatic rings. The molecule has 0 atom stereocenters. The summed E-state index contributed by atoms with van der Waals surface area (Å²) in [5, 5.41) is -2.38. The molecule has 5 nitrogen and oxygen atoms in total. The predicted octanol–water partition coefficient (Wildman–Crippen LogP) is 6.86. The number of ether oxygens (including phenoxy) is 1. The highest BCUT2D eigenvalue weighted by Crippen LogP contribution is 2.30. The number of alkyl halides is 6. The van der Waals surface area contributed by atoms with Crippen LogP contribution >= 0.6 is 34.5 Å². The van der Waals surface area contributed by atoms with E-state index in [0.29, 0.717) is 16.5 Å². The van der Waals surface area contributed by atoms with E-state index in [-0.39, 0.29) is 18.0 Å². The van der Waals surface area contributed by atoms with E-state index in [0.717, 1.165) is 22.6 Å². The predicted molar refractivity (Wildman–Crippen MR) is 131 cm³/mol. The van der Waals surface area contributed by atoms with Gasteiger partial charge >= 0.3 is 10.8 Å². The summed E-state index contributed by atoms with van der Waals surface area (Å²) in [4.78, 5) is 17.5. The van der Waals surface area contributed by atoms with Crippen molar-refractivity contribution >= 4 is 51.3 Å². The van der Waals surface area contributed by atoms with Gasteiger partial charge in [-0.2, -0.15) is 17.6 Å². The van der Waals surface area contributed by atoms with Crippen LogP contribution in [0.15, 0.2) is 53.9 Å². The van der Waals surface area contributed by atoms with Crippen molar-refractivity contribution in [2.45, 2.75) is 23.6 Å². The van der Waals surface area contributed by atoms with Gasteiger partial charge < -0.3 is 15.0 Å². The number of anilines is 2. The van der Waals surface area contributed by atoms with Crippen LogP contribution in [0.25, 0.3) is 11.3 Å². The minimum Gasteiger partial charge on any atom is -0.497 e. The van der Waals surface area contributed by atoms with E-state index in [1.807, 2.05) is 29.6 Å². The zero-order valence-electron chi connectivity index (χ0n) is 18.4. The maximum Gasteiger partial charge on any atom is 0.338 e. The molecule has 3 rings (SSSR count). The zero-order valence-corrected chi connectivity index (χ0v) is 20.7. The molecule has 0 aliphatic carbocycles. The van der Waals surface area contributed by atoms with Gasteiger partial charge in [-0.25, -0.2) is 4.98 Å². The second-order valence-corrected chi connectivity index (χ2v) is 9.53. The number of thiazole rings is 1. The highest BCUT2D eigenvalue weighted by atomic mass is 35.5. The van der Waals surface area contributed by atoms with E-state index in [4.69, 9.17) is 27.9 Å². The Labute approximate surface area is 213 Å². The molecule has 35 heavy (non-hydrogen) atoms. The average Bonchev–Trinajstić information content (AvgIpc) is 3.24. The molecule has 2 aromatic carbocycles. The summed E-state index contributed by atoms with van der Waals surface area (Å²) < 4.78 is 58.0. The van der Waals surface area contributed by atoms with Crippen LogP contribution in [0.1, 0.15) is 12.0 Å². The molecule has 1 N–H and O–H groups in total. The molecule has 1 heterocycles. The number of hydrogen-bond donors (Lipinski definition) is 1. The number of halogens is 6. The van der Waals surface area contributed by atoms with Crippen LogP contribution in [0.4, 0.5) is 28.4 Å². The van der Waals surface area contributed by atoms with Crippen LogP contribution in [0.3, 0.4) is 0 Å². The molecule has 0 saturated carbocycles. The van der Waals surface area contributed by atoms with Gasteiger partial charge in [0.1, 0.15) is 5.75 Å². The van der Waals surface area contributed by atoms with Gasteiger partial charge in [-0.3, -0.25) is 4.79 Å². The molecule has 0 aliphatic rings. The third-order valence-electron chi connectivity index (χ3n) is 4.82. The standard InChI is InChI=1S/C23H21Cl2F4N3O2S/c1-34-18-9-5-16(6-10-18)19-12-35-21(30-19)31-20(33)11-4-15-2-7-17(8-3-15)32(13-22(24,26)27)14-23(25,28)29/h2-3,5-10,12H,4,11,13-14H2,1H3,(H,30,31,33). The smallest absolute Gasteiger partial charge is 0.338 e. The van der Waals surface area contributed by atoms with E-state index in [2.05, 4.69) is 10.3 Å². The van der Waals surface area contributed by atoms with Gasteiger partial charge in [0.25, 0.3) is 0 Å². The van der Waals surface area contributed by atoms with Crippen LogP contribution in [0, 0.1) is 0 Å². The second kappa shape index (κ2) is 11.5. The second-order valence-electron chi connectivity index (χ2n) is 7.57. The molecule has 1 aromatic heterocycles. The Kier molecular flexibility index (Phi) is 8.84. The Bertz CT molecular complexity index is 1100. The lowest BCUT2D eigenvalue weighted by molar-refractivity contribution is -0.116. The fourth-order valence-corrected chi connectivity index (χ4v) is 4.23. The maximum atomic E-state index is 13.2. The van der Waals surface area contributed by atoms with E-state index in [1.54, 1.807) is 19.2 Å². The Hall–Kier alpha value is -2.56. The first-order valence-corrected chi connectivity index (χ1v) is 11.9. The molecule has 0 saturated heterocycles. The number of nitrogens with zero attached hydrogens (tertiary/aromatic N) is 2. The van der Waals surface area contributed by atoms with Crippen molar-refractivity contribution in [2.24, 2.45) is 0 Å². The molecule has 0 radical (unpaired) electrons. The lowest BCUT2D eigenvalue weighted by atomic mass is 10.1. The normalized spacial score (nSPS) is 11.9. The van der Waals surface area contributed by atoms with Gasteiger partial charge in [-0.15, -0.1) is 11.3 Å². The van der Waals surface area contributed by atoms with E-state index < -0.39 is 23.9 Å². The highest BCUT2D eigenvalue weighted by Gasteiger charge is 2.35. The Balaban J connectivity index is 1.55. The number of aryl methyl sites for hydroxylation is 1. The first-order valence-electron chi connectivity index (χ1n) is 10.3. The van der Waals surface area contributed by atoms with Crippen molar-refractivity contribution in [1.29, 1.82) is 0 Å². The summed E-state index contributed by atoms with van der Waals surface area (Å²) in [5.41, 5.74) is 2.43. The van der Waals surface area contributed by atoms with Crippen molar-refractivity contribution in [3.63, 3.8) is 0 Å². The lowest BCUT2D eigenvalue weighted by Crippen LogP contribution is -2.39. The van der Waals surface area contributed by atoms with Crippen molar-refractivity contribution in [3.05, 3.63) is 59.5 Å². The van der Waals surface area contributed by atoms with E-state index >= 15 is 0 Å². The van der Waals surface area contributed by atoms with Crippen molar-refractivity contribution in [3.8, 4) is 17.0 Å². The molecule has 0 unspecified atom stereocenters. The summed E-state index contributed by atoms with van der Waals surface area (Å²) in [6.07, 6.45) is 0.486. The SMILES string of the molecule is COc1ccc(-c2csc(NC(=O)CCc3ccc(N(CC(F)(F)Cl)CC(F)(F)Cl)cc3)n2)cc1. The van der Waals surface area contributed by atoms with Gasteiger partial charge in [0.15, 0.2) is 5.13 Å². The van der Waals surface area contributed by atoms with Crippen molar-refractivity contribution in [2.75, 3.05) is 30.4 Å². The van der Waals surface area contributed by atoms with Crippen LogP contribution in [0.2, 0.25) is 0 Å². The Morgan fingerprint density at radius 3 is 2.17 bits per heavy atom. The monoisotopic (exact) mass is 549 g/mol. The summed E-state index contributed by atoms with van der Waals surface area (Å²) in [6.45, 7) is -2.27. The Morgan fingerprint density at radius 2 is 1.63 bits per heavy atom. The summed E-state index contributed by atoms with van der Waals surface area (Å²) in [5.74, 6) is 0.474. The molecular formula is C23H21Cl2F4N3O2S. The average molecular weight is 550 g/mol. The van der Waals surface area contributed by atoms with Crippen molar-refractivity contribution in [1.82, 2.24) is 4.98 Å². The Morgan fingerprint density at radius 1 is 1.03 bits per heavy atom. The van der Waals surface area contributed by atoms with Crippen LogP contribution in [0.5, 0.6) is 5.75 Å². The van der Waals surface area contributed by atoms with Gasteiger partial charge in [0.05, 0.1) is 25.9 Å². The third kappa shape index (κ3) is 8.87. The number of rotatable bonds is 11. The fourth-order valence-electron chi connectivity index (χ4n) is 3.21. The van der Waals surface area contributed by atoms with Gasteiger partial charge in [0.2, 0.25) is 5.91 Å². The van der Waals surface area contributed by atoms with Gasteiger partial charge in [0, 0.05) is 23.1 Å². The highest BCUT2D eigenvalue weighted by molar-refractivity contribution is 7.14. The number of methoxy groups -OCH3 is 1. The van der Waals surface area contributed by atoms with E-state index in [9.17, 15) is 22.4 Å². The van der Waals surface area contributed by atoms with E-state index in [1.165, 1.54) is 23.5 Å². The van der Waals surface area contributed by atoms with Crippen LogP contribution < -0.4 is 15.0 Å². The number of hydrogen-bond acceptors (Lipinski definition) is 5. The number of carbonyl (C=O) groups excluding carboxylic acids is 1. The number of nitrogens with one attached hydrogen (secondary N) is 1. The summed E-state index contributed by atoms with van der Waals surface area (Å²) >= 11 is 11.1. The molecule has 0 aliphatic heterocycles. The quantitative estimate of drug-likeness (QED) is 0.209. The third-order valence-corrected chi connectivity index (χ3v) is 5.82. The van der Waals surface area contributed by atoms with Crippen LogP contribution in [-0.2, 0) is 11.2 Å². The lowest BCUT2D eigenvalue weighted by Gasteiger charge is -2.28. The summed E-state index contributed by atoms with van der Waals surface area (Å²) in [6, 6.07) is 13.3. The molecule has 188 valence electrons. The first-order chi connectivity index (χ1) is 16.4. The fraction of sp³-hybridized carbons (Fsp3) is 0.304. The largest absolute Gasteiger partial charge is 0.497 e. The maximum absolute atomic E-state index is 13.2. The minimum absolute atomic E-state index is 0.104. The molecule has 12 heteroatoms. The molecule has 0 spiro atoms. The molecule has 0 bridgehead atoms. The van der Waals surface area contributed by atoms with Gasteiger partial charge in [-0.05, 0) is 71.6 Å². The number of amides is 1. The minimum atomic E-state index is -3.71. The zero-order chi connectivity index (χ0) is 25.6. The molecule has 0 fully saturated rings. The van der Waals surface area contributed by atoms with Crippen LogP contribution in [-0.4, -0.2) is 41.9 Å². The molecule has 1 amide bonds. The number of aromatic nitrogens is 1. The van der Waals surface area contributed by atoms with Crippen molar-refractivity contribution < 1.29 is 27.1 Å². The number of carbonyl (C=O) groups is 1. The topological polar surface area (TPSA) is 54.5 Å². The van der Waals surface area contributed by atoms with Gasteiger partial charge in [-0.1, -0.05) is 12.1 Å². The first kappa shape index (κ1) is 27.0.